The number of nitrogens with one attached hydrogen (secondary N) is 1. The van der Waals surface area contributed by atoms with Crippen molar-refractivity contribution in [3.8, 4) is 0 Å². The highest BCUT2D eigenvalue weighted by atomic mass is 16.5. The van der Waals surface area contributed by atoms with Gasteiger partial charge in [0.25, 0.3) is 0 Å². The third-order valence-electron chi connectivity index (χ3n) is 3.54. The largest absolute Gasteiger partial charge is 0.384 e. The number of benzene rings is 1. The summed E-state index contributed by atoms with van der Waals surface area (Å²) in [6, 6.07) is 7.78. The van der Waals surface area contributed by atoms with Gasteiger partial charge in [0.15, 0.2) is 0 Å². The third kappa shape index (κ3) is 2.71. The monoisotopic (exact) mass is 248 g/mol. The van der Waals surface area contributed by atoms with Crippen LogP contribution in [0.2, 0.25) is 0 Å². The zero-order valence-electron chi connectivity index (χ0n) is 10.7. The van der Waals surface area contributed by atoms with Crippen LogP contribution in [0.1, 0.15) is 24.8 Å². The van der Waals surface area contributed by atoms with Crippen LogP contribution in [-0.4, -0.2) is 25.2 Å². The van der Waals surface area contributed by atoms with E-state index in [1.807, 2.05) is 24.3 Å². The molecule has 1 aliphatic rings. The Bertz CT molecular complexity index is 428. The van der Waals surface area contributed by atoms with E-state index in [1.165, 1.54) is 0 Å². The van der Waals surface area contributed by atoms with Crippen LogP contribution >= 0.6 is 0 Å². The molecule has 2 rings (SSSR count). The number of carbonyl (C=O) groups is 1. The lowest BCUT2D eigenvalue weighted by Gasteiger charge is -2.36. The molecule has 0 radical (unpaired) electrons. The number of hydrogen-bond acceptors (Lipinski definition) is 3. The average molecular weight is 248 g/mol. The van der Waals surface area contributed by atoms with E-state index in [4.69, 9.17) is 10.5 Å². The number of para-hydroxylation sites is 1. The summed E-state index contributed by atoms with van der Waals surface area (Å²) in [4.78, 5) is 12.1. The van der Waals surface area contributed by atoms with Gasteiger partial charge in [-0.25, -0.2) is 0 Å². The third-order valence-corrected chi connectivity index (χ3v) is 3.54. The van der Waals surface area contributed by atoms with E-state index >= 15 is 0 Å². The van der Waals surface area contributed by atoms with Gasteiger partial charge in [0.05, 0.1) is 12.1 Å². The quantitative estimate of drug-likeness (QED) is 0.833. The van der Waals surface area contributed by atoms with E-state index in [1.54, 1.807) is 7.11 Å². The lowest BCUT2D eigenvalue weighted by molar-refractivity contribution is -0.123. The molecular formula is C14H20N2O2. The highest BCUT2D eigenvalue weighted by Gasteiger charge is 2.40. The smallest absolute Gasteiger partial charge is 0.244 e. The first-order valence-electron chi connectivity index (χ1n) is 6.33. The fourth-order valence-electron chi connectivity index (χ4n) is 2.10. The SMILES string of the molecule is COCCc1ccccc1NC(=O)C1(N)CCC1. The molecule has 1 amide bonds. The fraction of sp³-hybridized carbons (Fsp3) is 0.500. The summed E-state index contributed by atoms with van der Waals surface area (Å²) < 4.78 is 5.07. The van der Waals surface area contributed by atoms with Crippen molar-refractivity contribution in [2.75, 3.05) is 19.0 Å². The van der Waals surface area contributed by atoms with Gasteiger partial charge in [-0.3, -0.25) is 4.79 Å². The number of anilines is 1. The van der Waals surface area contributed by atoms with Gasteiger partial charge in [-0.2, -0.15) is 0 Å². The number of ether oxygens (including phenoxy) is 1. The van der Waals surface area contributed by atoms with E-state index in [0.29, 0.717) is 6.61 Å². The van der Waals surface area contributed by atoms with Gasteiger partial charge in [-0.15, -0.1) is 0 Å². The van der Waals surface area contributed by atoms with Crippen LogP contribution in [-0.2, 0) is 16.0 Å². The van der Waals surface area contributed by atoms with E-state index in [9.17, 15) is 4.79 Å². The molecule has 3 N–H and O–H groups in total. The zero-order chi connectivity index (χ0) is 13.0. The van der Waals surface area contributed by atoms with Crippen molar-refractivity contribution in [3.05, 3.63) is 29.8 Å². The molecule has 0 aromatic heterocycles. The number of hydrogen-bond donors (Lipinski definition) is 2. The average Bonchev–Trinajstić information content (AvgIpc) is 2.34. The Balaban J connectivity index is 2.06. The molecule has 0 heterocycles. The number of rotatable bonds is 5. The molecule has 0 saturated heterocycles. The minimum absolute atomic E-state index is 0.0707. The maximum absolute atomic E-state index is 12.1. The predicted octanol–water partition coefficient (Wildman–Crippen LogP) is 1.70. The lowest BCUT2D eigenvalue weighted by Crippen LogP contribution is -2.56. The second-order valence-corrected chi connectivity index (χ2v) is 4.86. The molecule has 4 heteroatoms. The van der Waals surface area contributed by atoms with Crippen LogP contribution in [0.3, 0.4) is 0 Å². The van der Waals surface area contributed by atoms with Gasteiger partial charge in [0.2, 0.25) is 5.91 Å². The van der Waals surface area contributed by atoms with Crippen molar-refractivity contribution >= 4 is 11.6 Å². The van der Waals surface area contributed by atoms with Crippen molar-refractivity contribution in [1.29, 1.82) is 0 Å². The topological polar surface area (TPSA) is 64.3 Å². The van der Waals surface area contributed by atoms with Crippen LogP contribution in [0.4, 0.5) is 5.69 Å². The van der Waals surface area contributed by atoms with Gasteiger partial charge in [-0.05, 0) is 37.3 Å². The molecule has 1 aromatic carbocycles. The van der Waals surface area contributed by atoms with Crippen LogP contribution in [0, 0.1) is 0 Å². The number of carbonyl (C=O) groups excluding carboxylic acids is 1. The van der Waals surface area contributed by atoms with E-state index in [0.717, 1.165) is 36.9 Å². The van der Waals surface area contributed by atoms with Gasteiger partial charge in [0.1, 0.15) is 0 Å². The summed E-state index contributed by atoms with van der Waals surface area (Å²) >= 11 is 0. The Morgan fingerprint density at radius 1 is 1.44 bits per heavy atom. The molecule has 1 aromatic rings. The van der Waals surface area contributed by atoms with Crippen LogP contribution in [0.25, 0.3) is 0 Å². The fourth-order valence-corrected chi connectivity index (χ4v) is 2.10. The lowest BCUT2D eigenvalue weighted by atomic mass is 9.77. The molecule has 1 saturated carbocycles. The summed E-state index contributed by atoms with van der Waals surface area (Å²) in [5.74, 6) is -0.0707. The Morgan fingerprint density at radius 3 is 2.78 bits per heavy atom. The van der Waals surface area contributed by atoms with Crippen molar-refractivity contribution < 1.29 is 9.53 Å². The van der Waals surface area contributed by atoms with Gasteiger partial charge in [-0.1, -0.05) is 18.2 Å². The molecule has 0 bridgehead atoms. The number of methoxy groups -OCH3 is 1. The van der Waals surface area contributed by atoms with Crippen molar-refractivity contribution in [2.24, 2.45) is 5.73 Å². The molecule has 1 fully saturated rings. The first-order chi connectivity index (χ1) is 8.65. The van der Waals surface area contributed by atoms with Crippen molar-refractivity contribution in [3.63, 3.8) is 0 Å². The first kappa shape index (κ1) is 13.1. The summed E-state index contributed by atoms with van der Waals surface area (Å²) in [7, 11) is 1.67. The van der Waals surface area contributed by atoms with Crippen molar-refractivity contribution in [1.82, 2.24) is 0 Å². The summed E-state index contributed by atoms with van der Waals surface area (Å²) in [5.41, 5.74) is 7.27. The van der Waals surface area contributed by atoms with Crippen LogP contribution in [0.15, 0.2) is 24.3 Å². The van der Waals surface area contributed by atoms with Gasteiger partial charge >= 0.3 is 0 Å². The molecule has 98 valence electrons. The molecule has 1 aliphatic carbocycles. The molecule has 0 aliphatic heterocycles. The first-order valence-corrected chi connectivity index (χ1v) is 6.33. The Kier molecular flexibility index (Phi) is 3.99. The predicted molar refractivity (Wildman–Crippen MR) is 71.4 cm³/mol. The Morgan fingerprint density at radius 2 is 2.17 bits per heavy atom. The highest BCUT2D eigenvalue weighted by Crippen LogP contribution is 2.30. The molecule has 0 spiro atoms. The van der Waals surface area contributed by atoms with Crippen LogP contribution < -0.4 is 11.1 Å². The standard InChI is InChI=1S/C14H20N2O2/c1-18-10-7-11-5-2-3-6-12(11)16-13(17)14(15)8-4-9-14/h2-3,5-6H,4,7-10,15H2,1H3,(H,16,17). The summed E-state index contributed by atoms with van der Waals surface area (Å²) in [6.45, 7) is 0.640. The highest BCUT2D eigenvalue weighted by molar-refractivity contribution is 5.99. The summed E-state index contributed by atoms with van der Waals surface area (Å²) in [5, 5.41) is 2.94. The van der Waals surface area contributed by atoms with Gasteiger partial charge < -0.3 is 15.8 Å². The zero-order valence-corrected chi connectivity index (χ0v) is 10.7. The molecule has 18 heavy (non-hydrogen) atoms. The number of amides is 1. The van der Waals surface area contributed by atoms with Crippen LogP contribution in [0.5, 0.6) is 0 Å². The Hall–Kier alpha value is -1.39. The minimum Gasteiger partial charge on any atom is -0.384 e. The second-order valence-electron chi connectivity index (χ2n) is 4.86. The molecule has 4 nitrogen and oxygen atoms in total. The van der Waals surface area contributed by atoms with E-state index in [-0.39, 0.29) is 5.91 Å². The minimum atomic E-state index is -0.658. The maximum atomic E-state index is 12.1. The van der Waals surface area contributed by atoms with Crippen molar-refractivity contribution in [2.45, 2.75) is 31.2 Å². The normalized spacial score (nSPS) is 17.0. The van der Waals surface area contributed by atoms with Gasteiger partial charge in [0, 0.05) is 12.8 Å². The Labute approximate surface area is 108 Å². The molecule has 0 unspecified atom stereocenters. The molecular weight excluding hydrogens is 228 g/mol. The number of nitrogens with two attached hydrogens (primary N) is 1. The maximum Gasteiger partial charge on any atom is 0.244 e. The molecule has 0 atom stereocenters. The van der Waals surface area contributed by atoms with E-state index < -0.39 is 5.54 Å². The second kappa shape index (κ2) is 5.50. The summed E-state index contributed by atoms with van der Waals surface area (Å²) in [6.07, 6.45) is 3.37. The van der Waals surface area contributed by atoms with E-state index in [2.05, 4.69) is 5.32 Å².